The Bertz CT molecular complexity index is 992. The highest BCUT2D eigenvalue weighted by Gasteiger charge is 2.38. The van der Waals surface area contributed by atoms with Crippen molar-refractivity contribution >= 4 is 39.3 Å². The Morgan fingerprint density at radius 3 is 2.45 bits per heavy atom. The zero-order valence-electron chi connectivity index (χ0n) is 16.4. The van der Waals surface area contributed by atoms with E-state index in [-0.39, 0.29) is 11.8 Å². The van der Waals surface area contributed by atoms with Crippen LogP contribution in [0.3, 0.4) is 0 Å². The Labute approximate surface area is 184 Å². The van der Waals surface area contributed by atoms with Crippen LogP contribution in [0.4, 0.5) is 5.69 Å². The summed E-state index contributed by atoms with van der Waals surface area (Å²) in [6.45, 7) is 4.80. The zero-order chi connectivity index (χ0) is 20.5. The molecule has 0 bridgehead atoms. The number of rotatable bonds is 3. The number of thioether (sulfide) groups is 1. The molecule has 148 valence electrons. The van der Waals surface area contributed by atoms with E-state index in [4.69, 9.17) is 0 Å². The third kappa shape index (κ3) is 3.94. The maximum absolute atomic E-state index is 13.0. The number of fused-ring (bicyclic) bond motifs is 1. The number of carbonyl (C=O) groups is 1. The van der Waals surface area contributed by atoms with Gasteiger partial charge in [-0.2, -0.15) is 5.26 Å². The first kappa shape index (κ1) is 20.1. The van der Waals surface area contributed by atoms with Crippen LogP contribution < -0.4 is 4.90 Å². The van der Waals surface area contributed by atoms with Crippen LogP contribution in [0.2, 0.25) is 0 Å². The summed E-state index contributed by atoms with van der Waals surface area (Å²) in [5, 5.41) is 10.7. The lowest BCUT2D eigenvalue weighted by molar-refractivity contribution is -0.129. The number of halogens is 1. The highest BCUT2D eigenvalue weighted by molar-refractivity contribution is 9.10. The van der Waals surface area contributed by atoms with Gasteiger partial charge in [-0.15, -0.1) is 0 Å². The van der Waals surface area contributed by atoms with Crippen molar-refractivity contribution < 1.29 is 4.79 Å². The van der Waals surface area contributed by atoms with Crippen molar-refractivity contribution in [2.45, 2.75) is 32.1 Å². The second kappa shape index (κ2) is 8.25. The molecule has 2 aliphatic rings. The molecule has 0 aromatic heterocycles. The fourth-order valence-electron chi connectivity index (χ4n) is 3.78. The molecule has 2 aromatic carbocycles. The van der Waals surface area contributed by atoms with Gasteiger partial charge in [0.25, 0.3) is 0 Å². The second-order valence-corrected chi connectivity index (χ2v) is 9.51. The minimum absolute atomic E-state index is 0.0752. The van der Waals surface area contributed by atoms with Gasteiger partial charge in [-0.25, -0.2) is 0 Å². The Balaban J connectivity index is 1.63. The summed E-state index contributed by atoms with van der Waals surface area (Å²) in [6, 6.07) is 18.9. The molecule has 1 atom stereocenters. The van der Waals surface area contributed by atoms with Crippen LogP contribution >= 0.6 is 27.7 Å². The maximum Gasteiger partial charge on any atom is 0.229 e. The van der Waals surface area contributed by atoms with Crippen molar-refractivity contribution in [2.75, 3.05) is 17.4 Å². The van der Waals surface area contributed by atoms with E-state index < -0.39 is 0 Å². The SMILES string of the molecule is CC(C)c1ccc([C@@H]2CC(=O)N3CN(c4ccc(Br)cc4)CSC3=C2C#N)cc1. The predicted molar refractivity (Wildman–Crippen MR) is 121 cm³/mol. The number of nitriles is 1. The molecule has 2 aliphatic heterocycles. The number of hydrogen-bond acceptors (Lipinski definition) is 4. The van der Waals surface area contributed by atoms with Crippen LogP contribution in [0.25, 0.3) is 0 Å². The van der Waals surface area contributed by atoms with Gasteiger partial charge >= 0.3 is 0 Å². The van der Waals surface area contributed by atoms with Gasteiger partial charge in [0.15, 0.2) is 0 Å². The molecule has 1 amide bonds. The standard InChI is InChI=1S/C23H22BrN3OS/c1-15(2)16-3-5-17(6-4-16)20-11-22(28)27-13-26(14-29-23(27)21(20)12-25)19-9-7-18(24)8-10-19/h3-10,15,20H,11,13-14H2,1-2H3/t20-/m0/s1. The number of amides is 1. The van der Waals surface area contributed by atoms with Crippen LogP contribution in [0.1, 0.15) is 43.2 Å². The molecule has 0 aliphatic carbocycles. The third-order valence-corrected chi connectivity index (χ3v) is 7.17. The lowest BCUT2D eigenvalue weighted by atomic mass is 9.85. The molecule has 0 unspecified atom stereocenters. The van der Waals surface area contributed by atoms with E-state index in [0.29, 0.717) is 30.5 Å². The average molecular weight is 468 g/mol. The van der Waals surface area contributed by atoms with E-state index in [9.17, 15) is 10.1 Å². The van der Waals surface area contributed by atoms with Crippen LogP contribution in [-0.4, -0.2) is 23.4 Å². The molecule has 6 heteroatoms. The Morgan fingerprint density at radius 1 is 1.14 bits per heavy atom. The van der Waals surface area contributed by atoms with Crippen molar-refractivity contribution in [3.8, 4) is 6.07 Å². The summed E-state index contributed by atoms with van der Waals surface area (Å²) in [6.07, 6.45) is 0.335. The smallest absolute Gasteiger partial charge is 0.229 e. The number of allylic oxidation sites excluding steroid dienone is 1. The highest BCUT2D eigenvalue weighted by Crippen LogP contribution is 2.43. The lowest BCUT2D eigenvalue weighted by Crippen LogP contribution is -2.47. The number of carbonyl (C=O) groups excluding carboxylic acids is 1. The van der Waals surface area contributed by atoms with Gasteiger partial charge in [0.05, 0.1) is 29.2 Å². The second-order valence-electron chi connectivity index (χ2n) is 7.66. The zero-order valence-corrected chi connectivity index (χ0v) is 18.8. The lowest BCUT2D eigenvalue weighted by Gasteiger charge is -2.42. The van der Waals surface area contributed by atoms with Gasteiger partial charge in [-0.1, -0.05) is 65.8 Å². The Hall–Kier alpha value is -2.23. The molecule has 0 saturated carbocycles. The van der Waals surface area contributed by atoms with Gasteiger partial charge in [-0.3, -0.25) is 9.69 Å². The molecule has 4 rings (SSSR count). The van der Waals surface area contributed by atoms with Crippen molar-refractivity contribution in [2.24, 2.45) is 0 Å². The summed E-state index contributed by atoms with van der Waals surface area (Å²) in [7, 11) is 0. The largest absolute Gasteiger partial charge is 0.344 e. The van der Waals surface area contributed by atoms with Crippen molar-refractivity contribution in [3.05, 3.63) is 74.7 Å². The quantitative estimate of drug-likeness (QED) is 0.572. The minimum Gasteiger partial charge on any atom is -0.344 e. The van der Waals surface area contributed by atoms with Gasteiger partial charge in [0.2, 0.25) is 5.91 Å². The summed E-state index contributed by atoms with van der Waals surface area (Å²) in [5.41, 5.74) is 4.09. The molecule has 1 saturated heterocycles. The van der Waals surface area contributed by atoms with Gasteiger partial charge < -0.3 is 4.90 Å². The van der Waals surface area contributed by atoms with Crippen molar-refractivity contribution in [1.82, 2.24) is 4.90 Å². The van der Waals surface area contributed by atoms with Crippen LogP contribution in [-0.2, 0) is 4.79 Å². The van der Waals surface area contributed by atoms with E-state index in [0.717, 1.165) is 20.8 Å². The topological polar surface area (TPSA) is 47.3 Å². The molecule has 0 spiro atoms. The molecular weight excluding hydrogens is 446 g/mol. The van der Waals surface area contributed by atoms with E-state index >= 15 is 0 Å². The third-order valence-electron chi connectivity index (χ3n) is 5.49. The van der Waals surface area contributed by atoms with E-state index in [1.807, 2.05) is 24.3 Å². The molecule has 2 heterocycles. The molecule has 2 aromatic rings. The summed E-state index contributed by atoms with van der Waals surface area (Å²) in [4.78, 5) is 16.9. The first-order valence-electron chi connectivity index (χ1n) is 9.65. The Morgan fingerprint density at radius 2 is 1.83 bits per heavy atom. The highest BCUT2D eigenvalue weighted by atomic mass is 79.9. The molecule has 0 radical (unpaired) electrons. The van der Waals surface area contributed by atoms with Gasteiger partial charge in [0.1, 0.15) is 0 Å². The van der Waals surface area contributed by atoms with E-state index in [1.54, 1.807) is 16.7 Å². The monoisotopic (exact) mass is 467 g/mol. The van der Waals surface area contributed by atoms with E-state index in [1.165, 1.54) is 5.56 Å². The number of nitrogens with zero attached hydrogens (tertiary/aromatic N) is 3. The first-order valence-corrected chi connectivity index (χ1v) is 11.4. The average Bonchev–Trinajstić information content (AvgIpc) is 2.74. The van der Waals surface area contributed by atoms with Crippen molar-refractivity contribution in [3.63, 3.8) is 0 Å². The number of anilines is 1. The number of benzene rings is 2. The first-order chi connectivity index (χ1) is 14.0. The summed E-state index contributed by atoms with van der Waals surface area (Å²) >= 11 is 5.03. The van der Waals surface area contributed by atoms with Gasteiger partial charge in [-0.05, 0) is 41.3 Å². The normalized spacial score (nSPS) is 19.4. The molecule has 0 N–H and O–H groups in total. The number of hydrogen-bond donors (Lipinski definition) is 0. The molecular formula is C23H22BrN3OS. The summed E-state index contributed by atoms with van der Waals surface area (Å²) in [5.74, 6) is 1.09. The fourth-order valence-corrected chi connectivity index (χ4v) is 5.21. The van der Waals surface area contributed by atoms with Gasteiger partial charge in [0, 0.05) is 22.5 Å². The van der Waals surface area contributed by atoms with Crippen molar-refractivity contribution in [1.29, 1.82) is 5.26 Å². The van der Waals surface area contributed by atoms with Crippen LogP contribution in [0.15, 0.2) is 63.6 Å². The molecule has 29 heavy (non-hydrogen) atoms. The fraction of sp³-hybridized carbons (Fsp3) is 0.304. The Kier molecular flexibility index (Phi) is 5.71. The maximum atomic E-state index is 13.0. The molecule has 1 fully saturated rings. The molecule has 4 nitrogen and oxygen atoms in total. The van der Waals surface area contributed by atoms with E-state index in [2.05, 4.69) is 65.0 Å². The van der Waals surface area contributed by atoms with Crippen LogP contribution in [0.5, 0.6) is 0 Å². The predicted octanol–water partition coefficient (Wildman–Crippen LogP) is 5.79. The summed E-state index contributed by atoms with van der Waals surface area (Å²) < 4.78 is 1.03. The van der Waals surface area contributed by atoms with Crippen LogP contribution in [0, 0.1) is 11.3 Å². The minimum atomic E-state index is -0.160.